The Morgan fingerprint density at radius 1 is 0.378 bits per heavy atom. The number of fused-ring (bicyclic) bond motifs is 3. The van der Waals surface area contributed by atoms with Gasteiger partial charge < -0.3 is 94.7 Å². The Balaban J connectivity index is 0.984. The van der Waals surface area contributed by atoms with Crippen molar-refractivity contribution in [1.82, 2.24) is 0 Å². The molecule has 10 aliphatic rings. The first-order chi connectivity index (χ1) is 52.1. The normalized spacial score (nSPS) is 44.8. The predicted octanol–water partition coefficient (Wildman–Crippen LogP) is 9.77. The second-order valence-electron chi connectivity index (χ2n) is 34.9. The van der Waals surface area contributed by atoms with E-state index in [2.05, 4.69) is 27.7 Å². The Hall–Kier alpha value is -5.47. The molecule has 29 nitrogen and oxygen atoms in total. The van der Waals surface area contributed by atoms with Crippen LogP contribution in [0.4, 0.5) is 0 Å². The van der Waals surface area contributed by atoms with Gasteiger partial charge in [-0.3, -0.25) is 43.2 Å². The Morgan fingerprint density at radius 2 is 0.748 bits per heavy atom. The lowest BCUT2D eigenvalue weighted by Crippen LogP contribution is -2.65. The summed E-state index contributed by atoms with van der Waals surface area (Å²) in [5.74, 6) is -8.79. The van der Waals surface area contributed by atoms with Crippen LogP contribution in [0.25, 0.3) is 0 Å². The summed E-state index contributed by atoms with van der Waals surface area (Å²) >= 11 is 0. The monoisotopic (exact) mass is 1570 g/mol. The lowest BCUT2D eigenvalue weighted by Gasteiger charge is -2.64. The Labute approximate surface area is 653 Å². The highest BCUT2D eigenvalue weighted by Gasteiger charge is 2.70. The smallest absolute Gasteiger partial charge is 0.314 e. The Morgan fingerprint density at radius 3 is 1.16 bits per heavy atom. The van der Waals surface area contributed by atoms with E-state index >= 15 is 4.79 Å². The van der Waals surface area contributed by atoms with Crippen LogP contribution in [0.15, 0.2) is 12.2 Å². The molecule has 628 valence electrons. The molecule has 35 atom stereocenters. The van der Waals surface area contributed by atoms with E-state index in [1.807, 2.05) is 55.4 Å². The fraction of sp³-hybridized carbons (Fsp3) is 0.866. The molecular formula is C82H126O29. The van der Waals surface area contributed by atoms with E-state index in [-0.39, 0.29) is 91.7 Å². The highest BCUT2D eigenvalue weighted by Crippen LogP contribution is 2.74. The number of hydrogen-bond acceptors (Lipinski definition) is 29. The second kappa shape index (κ2) is 36.0. The molecule has 29 heteroatoms. The van der Waals surface area contributed by atoms with E-state index in [0.717, 1.165) is 12.0 Å². The molecule has 0 aromatic heterocycles. The molecule has 10 fully saturated rings. The Bertz CT molecular complexity index is 3320. The minimum Gasteiger partial charge on any atom is -0.463 e. The molecule has 111 heavy (non-hydrogen) atoms. The molecule has 4 saturated carbocycles. The van der Waals surface area contributed by atoms with Crippen molar-refractivity contribution < 1.29 is 138 Å². The summed E-state index contributed by atoms with van der Waals surface area (Å²) < 4.78 is 130. The maximum absolute atomic E-state index is 16.3. The summed E-state index contributed by atoms with van der Waals surface area (Å²) in [6, 6.07) is 0. The maximum Gasteiger partial charge on any atom is 0.314 e. The van der Waals surface area contributed by atoms with Crippen LogP contribution in [0.5, 0.6) is 0 Å². The molecule has 1 spiro atoms. The van der Waals surface area contributed by atoms with Crippen molar-refractivity contribution in [3.05, 3.63) is 12.2 Å². The summed E-state index contributed by atoms with van der Waals surface area (Å²) in [6.07, 6.45) is -14.2. The van der Waals surface area contributed by atoms with Gasteiger partial charge >= 0.3 is 53.7 Å². The van der Waals surface area contributed by atoms with Gasteiger partial charge in [-0.05, 0) is 116 Å². The first kappa shape index (κ1) is 87.9. The predicted molar refractivity (Wildman–Crippen MR) is 389 cm³/mol. The van der Waals surface area contributed by atoms with Gasteiger partial charge in [-0.2, -0.15) is 0 Å². The van der Waals surface area contributed by atoms with Crippen LogP contribution in [-0.2, 0) is 138 Å². The zero-order chi connectivity index (χ0) is 81.4. The highest BCUT2D eigenvalue weighted by molar-refractivity contribution is 5.77. The fourth-order valence-corrected chi connectivity index (χ4v) is 20.4. The van der Waals surface area contributed by atoms with Crippen LogP contribution in [-0.4, -0.2) is 210 Å². The maximum atomic E-state index is 16.3. The first-order valence-electron chi connectivity index (χ1n) is 40.4. The van der Waals surface area contributed by atoms with Gasteiger partial charge in [-0.15, -0.1) is 0 Å². The van der Waals surface area contributed by atoms with Gasteiger partial charge in [-0.1, -0.05) is 96.1 Å². The number of hydrogen-bond donors (Lipinski definition) is 0. The van der Waals surface area contributed by atoms with E-state index < -0.39 is 205 Å². The average molecular weight is 1580 g/mol. The topological polar surface area (TPSA) is 338 Å². The van der Waals surface area contributed by atoms with Crippen molar-refractivity contribution in [3.8, 4) is 0 Å². The molecule has 0 radical (unpaired) electrons. The third-order valence-electron chi connectivity index (χ3n) is 27.7. The van der Waals surface area contributed by atoms with Gasteiger partial charge in [-0.25, -0.2) is 0 Å². The summed E-state index contributed by atoms with van der Waals surface area (Å²) in [5.41, 5.74) is -2.16. The molecule has 6 heterocycles. The molecule has 0 N–H and O–H groups in total. The lowest BCUT2D eigenvalue weighted by atomic mass is 9.41. The number of rotatable bonds is 25. The first-order valence-corrected chi connectivity index (χ1v) is 40.4. The lowest BCUT2D eigenvalue weighted by molar-refractivity contribution is -0.382. The number of esters is 9. The summed E-state index contributed by atoms with van der Waals surface area (Å²) in [4.78, 5) is 118. The van der Waals surface area contributed by atoms with Crippen LogP contribution in [0.2, 0.25) is 0 Å². The van der Waals surface area contributed by atoms with Crippen LogP contribution in [0.3, 0.4) is 0 Å². The fourth-order valence-electron chi connectivity index (χ4n) is 20.4. The summed E-state index contributed by atoms with van der Waals surface area (Å²) in [7, 11) is 0. The van der Waals surface area contributed by atoms with Crippen LogP contribution in [0, 0.1) is 93.2 Å². The second-order valence-corrected chi connectivity index (χ2v) is 34.9. The molecule has 0 aromatic carbocycles. The molecule has 6 saturated heterocycles. The van der Waals surface area contributed by atoms with Gasteiger partial charge in [0.25, 0.3) is 0 Å². The minimum atomic E-state index is -1.69. The van der Waals surface area contributed by atoms with Gasteiger partial charge in [0.15, 0.2) is 49.8 Å². The van der Waals surface area contributed by atoms with Crippen molar-refractivity contribution in [2.45, 2.75) is 320 Å². The van der Waals surface area contributed by atoms with Crippen molar-refractivity contribution in [1.29, 1.82) is 0 Å². The van der Waals surface area contributed by atoms with Gasteiger partial charge in [0, 0.05) is 90.9 Å². The van der Waals surface area contributed by atoms with Gasteiger partial charge in [0.1, 0.15) is 57.5 Å². The molecule has 4 aliphatic carbocycles. The zero-order valence-corrected chi connectivity index (χ0v) is 69.1. The third kappa shape index (κ3) is 19.0. The van der Waals surface area contributed by atoms with Crippen molar-refractivity contribution >= 4 is 53.7 Å². The molecule has 0 aromatic rings. The van der Waals surface area contributed by atoms with E-state index in [1.165, 1.54) is 55.4 Å². The van der Waals surface area contributed by atoms with E-state index in [0.29, 0.717) is 58.0 Å². The van der Waals surface area contributed by atoms with E-state index in [4.69, 9.17) is 101 Å². The van der Waals surface area contributed by atoms with Crippen molar-refractivity contribution in [2.75, 3.05) is 39.6 Å². The van der Waals surface area contributed by atoms with E-state index in [1.54, 1.807) is 6.92 Å². The molecule has 0 amide bonds. The van der Waals surface area contributed by atoms with Crippen molar-refractivity contribution in [2.24, 2.45) is 93.2 Å². The molecule has 6 aliphatic heterocycles. The van der Waals surface area contributed by atoms with E-state index in [9.17, 15) is 38.4 Å². The summed E-state index contributed by atoms with van der Waals surface area (Å²) in [6.45, 7) is 40.3. The number of carbonyl (C=O) groups excluding carboxylic acids is 9. The standard InChI is InChI=1S/C82H126O29/c1-38-31-97-72(47(10)40(38)3)108-71-66(107-74-68(99-56(19)89)45(8)42(5)59(102-74)33-93-51(14)84)49(12)62(36-96-54(17)87)105-77(71)111-82-29-25-64-79(21)26-23-27-80(22,63(79)24-28-81(64,37-82)30-39(82)2)78(91)110-76-70(109-75-69(100-57(20)90)46(9)43(6)60(103-75)34-94-52(15)85)65(48(11)61(104-76)35-95-53(16)86)106-73-67(98-55(18)88)44(7)41(4)58(101-73)32-92-50(13)83/h38,40-49,58-77H,2,23-37H2,1,3-22H3/t38-,40?,41+,42+,43+,44+,45+,46?,47?,48-,49-,58?,59?,60+,61?,62?,63?,64+,65+,66+,67?,68?,69?,70?,71?,72+,73+,74+,75+,76+,77+,79-,80-,81-,82?/m1/s1. The number of carbonyl (C=O) groups is 9. The van der Waals surface area contributed by atoms with Gasteiger partial charge in [0.2, 0.25) is 6.29 Å². The minimum absolute atomic E-state index is 0.0281. The SMILES string of the molecule is C=C1C[C@@]23CCC4[C@](C)(C(=O)O[C@@H]5OC(COC(C)=O)[C@@H](C)[C@H](O[C@@H]6OC(COC(C)=O)[C@@H](C)[C@H](C)C6OC(C)=O)C5O[C@@H]5O[C@@H](COC(C)=O)[C@@H](C)C(C)C5OC(C)=O)CCC[C@@]4(C)[C@@H]2CCC1(O[C@@H]1OC(COC(C)=O)[C@@H](C)[C@H](O[C@@H]2OC(COC(C)=O)[C@@H](C)[C@H](C)C2OC(C)=O)C1O[C@@H]1OC[C@@H](C)C(C)C1C)C3. The largest absolute Gasteiger partial charge is 0.463 e. The average Bonchev–Trinajstić information content (AvgIpc) is 1.58. The molecule has 14 unspecified atom stereocenters. The molecule has 2 bridgehead atoms. The van der Waals surface area contributed by atoms with Crippen LogP contribution < -0.4 is 0 Å². The molecular weight excluding hydrogens is 1450 g/mol. The Kier molecular flexibility index (Phi) is 28.5. The van der Waals surface area contributed by atoms with Crippen LogP contribution in [0.1, 0.15) is 203 Å². The van der Waals surface area contributed by atoms with Crippen molar-refractivity contribution in [3.63, 3.8) is 0 Å². The zero-order valence-electron chi connectivity index (χ0n) is 69.1. The van der Waals surface area contributed by atoms with Gasteiger partial charge in [0.05, 0.1) is 48.1 Å². The summed E-state index contributed by atoms with van der Waals surface area (Å²) in [5, 5.41) is 0. The number of ether oxygens (including phenoxy) is 20. The highest BCUT2D eigenvalue weighted by atomic mass is 16.8. The quantitative estimate of drug-likeness (QED) is 0.0355. The third-order valence-corrected chi connectivity index (χ3v) is 27.7. The molecule has 10 rings (SSSR count). The van der Waals surface area contributed by atoms with Crippen LogP contribution >= 0.6 is 0 Å².